The molecule has 4 rings (SSSR count). The van der Waals surface area contributed by atoms with Gasteiger partial charge in [0.1, 0.15) is 18.1 Å². The van der Waals surface area contributed by atoms with Crippen LogP contribution in [-0.4, -0.2) is 35.4 Å². The van der Waals surface area contributed by atoms with E-state index < -0.39 is 0 Å². The molecular formula is C24H24N4O2. The van der Waals surface area contributed by atoms with Crippen LogP contribution in [-0.2, 0) is 6.42 Å². The van der Waals surface area contributed by atoms with Crippen molar-refractivity contribution in [1.82, 2.24) is 19.9 Å². The van der Waals surface area contributed by atoms with Gasteiger partial charge in [0.25, 0.3) is 0 Å². The highest BCUT2D eigenvalue weighted by molar-refractivity contribution is 5.63. The van der Waals surface area contributed by atoms with E-state index in [2.05, 4.69) is 11.9 Å². The summed E-state index contributed by atoms with van der Waals surface area (Å²) in [6.07, 6.45) is 0.646. The van der Waals surface area contributed by atoms with Crippen LogP contribution < -0.4 is 14.8 Å². The number of aromatic nitrogens is 3. The molecular weight excluding hydrogens is 376 g/mol. The highest BCUT2D eigenvalue weighted by Crippen LogP contribution is 2.23. The molecule has 0 radical (unpaired) electrons. The maximum Gasteiger partial charge on any atom is 0.156 e. The van der Waals surface area contributed by atoms with Crippen LogP contribution in [0.5, 0.6) is 11.5 Å². The fourth-order valence-corrected chi connectivity index (χ4v) is 3.13. The molecule has 2 aromatic heterocycles. The number of pyridine rings is 1. The van der Waals surface area contributed by atoms with Crippen molar-refractivity contribution < 1.29 is 9.47 Å². The van der Waals surface area contributed by atoms with Crippen molar-refractivity contribution in [3.8, 4) is 22.8 Å². The number of nitrogens with one attached hydrogen (secondary N) is 1. The Bertz CT molecular complexity index is 1150. The molecule has 0 aliphatic carbocycles. The molecule has 30 heavy (non-hydrogen) atoms. The first kappa shape index (κ1) is 19.5. The average Bonchev–Trinajstić information content (AvgIpc) is 3.21. The van der Waals surface area contributed by atoms with E-state index in [1.165, 1.54) is 0 Å². The number of fused-ring (bicyclic) bond motifs is 1. The highest BCUT2D eigenvalue weighted by atomic mass is 16.5. The molecule has 0 aliphatic rings. The van der Waals surface area contributed by atoms with Crippen molar-refractivity contribution in [3.05, 3.63) is 90.4 Å². The Kier molecular flexibility index (Phi) is 5.66. The van der Waals surface area contributed by atoms with E-state index in [0.717, 1.165) is 45.5 Å². The molecule has 0 unspecified atom stereocenters. The molecule has 0 atom stereocenters. The van der Waals surface area contributed by atoms with Gasteiger partial charge in [0.05, 0.1) is 12.8 Å². The fraction of sp³-hybridized carbons (Fsp3) is 0.167. The predicted molar refractivity (Wildman–Crippen MR) is 118 cm³/mol. The van der Waals surface area contributed by atoms with Crippen LogP contribution in [0.25, 0.3) is 16.9 Å². The lowest BCUT2D eigenvalue weighted by Gasteiger charge is -2.08. The third-order valence-electron chi connectivity index (χ3n) is 4.84. The van der Waals surface area contributed by atoms with E-state index in [0.29, 0.717) is 13.0 Å². The summed E-state index contributed by atoms with van der Waals surface area (Å²) < 4.78 is 12.8. The normalized spacial score (nSPS) is 10.7. The molecule has 0 spiro atoms. The SMILES string of the molecule is C=C(COc1ccc(Cc2nc3cccc(-c4ccc(OC)cc4)n3n2)cc1)NC. The van der Waals surface area contributed by atoms with E-state index in [1.807, 2.05) is 78.3 Å². The van der Waals surface area contributed by atoms with E-state index in [1.54, 1.807) is 7.11 Å². The van der Waals surface area contributed by atoms with Gasteiger partial charge in [-0.2, -0.15) is 5.10 Å². The number of ether oxygens (including phenoxy) is 2. The van der Waals surface area contributed by atoms with Crippen molar-refractivity contribution in [2.24, 2.45) is 0 Å². The number of likely N-dealkylation sites (N-methyl/N-ethyl adjacent to an activating group) is 1. The van der Waals surface area contributed by atoms with E-state index in [4.69, 9.17) is 19.6 Å². The minimum Gasteiger partial charge on any atom is -0.497 e. The first-order valence-electron chi connectivity index (χ1n) is 9.72. The molecule has 0 amide bonds. The van der Waals surface area contributed by atoms with Gasteiger partial charge in [0.15, 0.2) is 11.5 Å². The van der Waals surface area contributed by atoms with Crippen molar-refractivity contribution in [2.45, 2.75) is 6.42 Å². The maximum absolute atomic E-state index is 5.69. The largest absolute Gasteiger partial charge is 0.497 e. The lowest BCUT2D eigenvalue weighted by Crippen LogP contribution is -2.12. The van der Waals surface area contributed by atoms with Crippen LogP contribution in [0, 0.1) is 0 Å². The Morgan fingerprint density at radius 2 is 1.73 bits per heavy atom. The minimum atomic E-state index is 0.442. The van der Waals surface area contributed by atoms with Gasteiger partial charge in [-0.15, -0.1) is 0 Å². The fourth-order valence-electron chi connectivity index (χ4n) is 3.13. The van der Waals surface area contributed by atoms with Crippen molar-refractivity contribution in [3.63, 3.8) is 0 Å². The summed E-state index contributed by atoms with van der Waals surface area (Å²) in [6.45, 7) is 4.30. The van der Waals surface area contributed by atoms with Gasteiger partial charge in [-0.05, 0) is 54.1 Å². The van der Waals surface area contributed by atoms with Crippen LogP contribution in [0.1, 0.15) is 11.4 Å². The van der Waals surface area contributed by atoms with Crippen LogP contribution >= 0.6 is 0 Å². The smallest absolute Gasteiger partial charge is 0.156 e. The van der Waals surface area contributed by atoms with Gasteiger partial charge in [0.2, 0.25) is 0 Å². The highest BCUT2D eigenvalue weighted by Gasteiger charge is 2.10. The molecule has 0 saturated carbocycles. The van der Waals surface area contributed by atoms with Gasteiger partial charge in [-0.3, -0.25) is 0 Å². The zero-order valence-corrected chi connectivity index (χ0v) is 17.1. The Balaban J connectivity index is 1.53. The van der Waals surface area contributed by atoms with Crippen molar-refractivity contribution in [2.75, 3.05) is 20.8 Å². The van der Waals surface area contributed by atoms with Crippen LogP contribution in [0.2, 0.25) is 0 Å². The Morgan fingerprint density at radius 3 is 2.43 bits per heavy atom. The molecule has 0 fully saturated rings. The number of rotatable bonds is 8. The number of nitrogens with zero attached hydrogens (tertiary/aromatic N) is 3. The molecule has 0 bridgehead atoms. The maximum atomic E-state index is 5.69. The van der Waals surface area contributed by atoms with Gasteiger partial charge in [-0.25, -0.2) is 9.50 Å². The predicted octanol–water partition coefficient (Wildman–Crippen LogP) is 4.11. The van der Waals surface area contributed by atoms with Crippen LogP contribution in [0.15, 0.2) is 79.0 Å². The van der Waals surface area contributed by atoms with E-state index in [-0.39, 0.29) is 0 Å². The lowest BCUT2D eigenvalue weighted by atomic mass is 10.1. The molecule has 0 aliphatic heterocycles. The summed E-state index contributed by atoms with van der Waals surface area (Å²) in [5.41, 5.74) is 4.83. The molecule has 4 aromatic rings. The second kappa shape index (κ2) is 8.69. The van der Waals surface area contributed by atoms with Gasteiger partial charge < -0.3 is 14.8 Å². The van der Waals surface area contributed by atoms with Crippen LogP contribution in [0.3, 0.4) is 0 Å². The van der Waals surface area contributed by atoms with Crippen LogP contribution in [0.4, 0.5) is 0 Å². The second-order valence-corrected chi connectivity index (χ2v) is 6.90. The van der Waals surface area contributed by atoms with E-state index >= 15 is 0 Å². The number of benzene rings is 2. The molecule has 152 valence electrons. The third kappa shape index (κ3) is 4.27. The molecule has 2 heterocycles. The number of hydrogen-bond donors (Lipinski definition) is 1. The Hall–Kier alpha value is -3.80. The van der Waals surface area contributed by atoms with Gasteiger partial charge in [0, 0.05) is 24.7 Å². The van der Waals surface area contributed by atoms with Crippen molar-refractivity contribution >= 4 is 5.65 Å². The molecule has 0 saturated heterocycles. The average molecular weight is 400 g/mol. The third-order valence-corrected chi connectivity index (χ3v) is 4.84. The summed E-state index contributed by atoms with van der Waals surface area (Å²) >= 11 is 0. The second-order valence-electron chi connectivity index (χ2n) is 6.90. The van der Waals surface area contributed by atoms with Gasteiger partial charge in [-0.1, -0.05) is 24.8 Å². The minimum absolute atomic E-state index is 0.442. The summed E-state index contributed by atoms with van der Waals surface area (Å²) in [7, 11) is 3.49. The van der Waals surface area contributed by atoms with Crippen molar-refractivity contribution in [1.29, 1.82) is 0 Å². The van der Waals surface area contributed by atoms with E-state index in [9.17, 15) is 0 Å². The Labute approximate surface area is 175 Å². The number of methoxy groups -OCH3 is 1. The number of hydrogen-bond acceptors (Lipinski definition) is 5. The zero-order valence-electron chi connectivity index (χ0n) is 17.1. The summed E-state index contributed by atoms with van der Waals surface area (Å²) in [5.74, 6) is 2.40. The topological polar surface area (TPSA) is 60.7 Å². The summed E-state index contributed by atoms with van der Waals surface area (Å²) in [5, 5.41) is 7.71. The first-order valence-corrected chi connectivity index (χ1v) is 9.72. The standard InChI is InChI=1S/C24H24N4O2/c1-17(25-2)16-30-21-11-7-18(8-12-21)15-23-26-24-6-4-5-22(28(24)27-23)19-9-13-20(29-3)14-10-19/h4-14,25H,1,15-16H2,2-3H3. The molecule has 2 aromatic carbocycles. The molecule has 1 N–H and O–H groups in total. The first-order chi connectivity index (χ1) is 14.7. The summed E-state index contributed by atoms with van der Waals surface area (Å²) in [6, 6.07) is 21.9. The zero-order chi connectivity index (χ0) is 20.9. The quantitative estimate of drug-likeness (QED) is 0.482. The van der Waals surface area contributed by atoms with Gasteiger partial charge >= 0.3 is 0 Å². The Morgan fingerprint density at radius 1 is 1.00 bits per heavy atom. The molecule has 6 heteroatoms. The monoisotopic (exact) mass is 400 g/mol. The molecule has 6 nitrogen and oxygen atoms in total. The summed E-state index contributed by atoms with van der Waals surface area (Å²) in [4.78, 5) is 4.70. The lowest BCUT2D eigenvalue weighted by molar-refractivity contribution is 0.345.